The van der Waals surface area contributed by atoms with Gasteiger partial charge in [0.15, 0.2) is 0 Å². The van der Waals surface area contributed by atoms with E-state index in [4.69, 9.17) is 0 Å². The summed E-state index contributed by atoms with van der Waals surface area (Å²) in [5, 5.41) is 10.5. The Balaban J connectivity index is 2.04. The van der Waals surface area contributed by atoms with Crippen molar-refractivity contribution in [1.82, 2.24) is 25.3 Å². The van der Waals surface area contributed by atoms with Crippen LogP contribution in [-0.2, 0) is 11.3 Å². The number of likely N-dealkylation sites (N-methyl/N-ethyl adjacent to an activating group) is 1. The fourth-order valence-corrected chi connectivity index (χ4v) is 2.32. The third kappa shape index (κ3) is 3.33. The number of carbonyl (C=O) groups excluding carboxylic acids is 1. The van der Waals surface area contributed by atoms with E-state index in [9.17, 15) is 4.79 Å². The molecular weight excluding hydrogens is 242 g/mol. The summed E-state index contributed by atoms with van der Waals surface area (Å²) >= 11 is 0. The Labute approximate surface area is 114 Å². The van der Waals surface area contributed by atoms with Gasteiger partial charge in [-0.1, -0.05) is 0 Å². The molecule has 1 saturated heterocycles. The molecule has 0 radical (unpaired) electrons. The Morgan fingerprint density at radius 2 is 2.42 bits per heavy atom. The van der Waals surface area contributed by atoms with E-state index in [0.29, 0.717) is 12.6 Å². The predicted octanol–water partition coefficient (Wildman–Crippen LogP) is -0.0162. The smallest absolute Gasteiger partial charge is 0.238 e. The normalized spacial score (nSPS) is 20.7. The van der Waals surface area contributed by atoms with Crippen LogP contribution in [-0.4, -0.2) is 53.3 Å². The summed E-state index contributed by atoms with van der Waals surface area (Å²) in [6, 6.07) is 2.29. The van der Waals surface area contributed by atoms with Crippen LogP contribution >= 0.6 is 0 Å². The lowest BCUT2D eigenvalue weighted by Gasteiger charge is -2.34. The quantitative estimate of drug-likeness (QED) is 0.803. The van der Waals surface area contributed by atoms with Gasteiger partial charge in [0.25, 0.3) is 0 Å². The van der Waals surface area contributed by atoms with Gasteiger partial charge >= 0.3 is 0 Å². The second kappa shape index (κ2) is 6.16. The molecule has 1 fully saturated rings. The number of nitrogens with one attached hydrogen (secondary N) is 2. The Bertz CT molecular complexity index is 428. The summed E-state index contributed by atoms with van der Waals surface area (Å²) in [5.41, 5.74) is 1.02. The molecule has 0 aliphatic carbocycles. The Hall–Kier alpha value is -1.40. The van der Waals surface area contributed by atoms with E-state index in [1.54, 1.807) is 7.05 Å². The first-order valence-corrected chi connectivity index (χ1v) is 6.82. The molecule has 0 bridgehead atoms. The van der Waals surface area contributed by atoms with Crippen LogP contribution in [0.15, 0.2) is 12.3 Å². The highest BCUT2D eigenvalue weighted by Crippen LogP contribution is 2.11. The second-order valence-electron chi connectivity index (χ2n) is 5.19. The molecule has 1 aromatic heterocycles. The van der Waals surface area contributed by atoms with Gasteiger partial charge in [-0.3, -0.25) is 14.4 Å². The van der Waals surface area contributed by atoms with Crippen molar-refractivity contribution in [2.45, 2.75) is 32.5 Å². The molecule has 6 nitrogen and oxygen atoms in total. The van der Waals surface area contributed by atoms with Gasteiger partial charge in [0, 0.05) is 45.5 Å². The van der Waals surface area contributed by atoms with E-state index in [0.717, 1.165) is 25.3 Å². The van der Waals surface area contributed by atoms with E-state index >= 15 is 0 Å². The summed E-state index contributed by atoms with van der Waals surface area (Å²) in [6.45, 7) is 7.42. The minimum absolute atomic E-state index is 0.0653. The van der Waals surface area contributed by atoms with Crippen molar-refractivity contribution in [3.63, 3.8) is 0 Å². The van der Waals surface area contributed by atoms with Gasteiger partial charge in [-0.25, -0.2) is 0 Å². The average molecular weight is 265 g/mol. The molecule has 2 rings (SSSR count). The lowest BCUT2D eigenvalue weighted by molar-refractivity contribution is -0.126. The molecule has 19 heavy (non-hydrogen) atoms. The first kappa shape index (κ1) is 14.0. The van der Waals surface area contributed by atoms with Gasteiger partial charge in [0.2, 0.25) is 5.91 Å². The van der Waals surface area contributed by atoms with Crippen molar-refractivity contribution in [2.75, 3.05) is 26.7 Å². The molecule has 6 heteroatoms. The number of rotatable bonds is 4. The van der Waals surface area contributed by atoms with Gasteiger partial charge in [-0.2, -0.15) is 5.10 Å². The van der Waals surface area contributed by atoms with Crippen LogP contribution in [0.4, 0.5) is 0 Å². The van der Waals surface area contributed by atoms with E-state index in [2.05, 4.69) is 34.5 Å². The van der Waals surface area contributed by atoms with E-state index in [1.165, 1.54) is 0 Å². The van der Waals surface area contributed by atoms with Crippen molar-refractivity contribution in [3.8, 4) is 0 Å². The van der Waals surface area contributed by atoms with E-state index in [1.807, 2.05) is 16.9 Å². The largest absolute Gasteiger partial charge is 0.358 e. The zero-order chi connectivity index (χ0) is 13.8. The van der Waals surface area contributed by atoms with Crippen molar-refractivity contribution in [2.24, 2.45) is 0 Å². The van der Waals surface area contributed by atoms with Crippen LogP contribution in [0.1, 0.15) is 25.6 Å². The summed E-state index contributed by atoms with van der Waals surface area (Å²) in [7, 11) is 1.68. The van der Waals surface area contributed by atoms with Crippen LogP contribution in [0, 0.1) is 0 Å². The maximum absolute atomic E-state index is 11.9. The van der Waals surface area contributed by atoms with Gasteiger partial charge in [0.1, 0.15) is 6.04 Å². The third-order valence-corrected chi connectivity index (χ3v) is 3.46. The van der Waals surface area contributed by atoms with Gasteiger partial charge in [0.05, 0.1) is 5.69 Å². The number of nitrogens with zero attached hydrogens (tertiary/aromatic N) is 3. The monoisotopic (exact) mass is 265 g/mol. The molecule has 2 heterocycles. The molecule has 0 spiro atoms. The van der Waals surface area contributed by atoms with Crippen LogP contribution < -0.4 is 10.6 Å². The van der Waals surface area contributed by atoms with Crippen molar-refractivity contribution < 1.29 is 4.79 Å². The van der Waals surface area contributed by atoms with Gasteiger partial charge < -0.3 is 10.6 Å². The summed E-state index contributed by atoms with van der Waals surface area (Å²) in [4.78, 5) is 14.0. The highest BCUT2D eigenvalue weighted by molar-refractivity contribution is 5.81. The second-order valence-corrected chi connectivity index (χ2v) is 5.19. The Morgan fingerprint density at radius 3 is 3.05 bits per heavy atom. The van der Waals surface area contributed by atoms with Crippen LogP contribution in [0.5, 0.6) is 0 Å². The average Bonchev–Trinajstić information content (AvgIpc) is 2.87. The fourth-order valence-electron chi connectivity index (χ4n) is 2.32. The highest BCUT2D eigenvalue weighted by Gasteiger charge is 2.28. The van der Waals surface area contributed by atoms with Crippen molar-refractivity contribution in [3.05, 3.63) is 18.0 Å². The van der Waals surface area contributed by atoms with Crippen LogP contribution in [0.3, 0.4) is 0 Å². The Kier molecular flexibility index (Phi) is 4.55. The molecule has 1 amide bonds. The maximum atomic E-state index is 11.9. The summed E-state index contributed by atoms with van der Waals surface area (Å²) in [6.07, 6.45) is 2.00. The summed E-state index contributed by atoms with van der Waals surface area (Å²) in [5.74, 6) is 0.0653. The van der Waals surface area contributed by atoms with E-state index < -0.39 is 0 Å². The van der Waals surface area contributed by atoms with Gasteiger partial charge in [-0.15, -0.1) is 0 Å². The molecule has 1 atom stereocenters. The highest BCUT2D eigenvalue weighted by atomic mass is 16.2. The number of carbonyl (C=O) groups is 1. The lowest BCUT2D eigenvalue weighted by Crippen LogP contribution is -2.56. The first-order valence-electron chi connectivity index (χ1n) is 6.82. The van der Waals surface area contributed by atoms with Crippen LogP contribution in [0.2, 0.25) is 0 Å². The molecule has 1 aliphatic heterocycles. The zero-order valence-corrected chi connectivity index (χ0v) is 11.9. The standard InChI is InChI=1S/C13H23N5O/c1-10(2)18-6-4-11(16-18)9-17-7-5-15-8-12(17)13(19)14-3/h4,6,10,12,15H,5,7-9H2,1-3H3,(H,14,19). The molecule has 1 aromatic rings. The molecule has 1 unspecified atom stereocenters. The number of hydrogen-bond acceptors (Lipinski definition) is 4. The third-order valence-electron chi connectivity index (χ3n) is 3.46. The molecular formula is C13H23N5O. The molecule has 2 N–H and O–H groups in total. The van der Waals surface area contributed by atoms with Gasteiger partial charge in [-0.05, 0) is 19.9 Å². The number of amides is 1. The van der Waals surface area contributed by atoms with E-state index in [-0.39, 0.29) is 11.9 Å². The topological polar surface area (TPSA) is 62.2 Å². The first-order chi connectivity index (χ1) is 9.11. The van der Waals surface area contributed by atoms with Crippen molar-refractivity contribution in [1.29, 1.82) is 0 Å². The minimum atomic E-state index is -0.108. The fraction of sp³-hybridized carbons (Fsp3) is 0.692. The minimum Gasteiger partial charge on any atom is -0.358 e. The predicted molar refractivity (Wildman–Crippen MR) is 73.7 cm³/mol. The molecule has 106 valence electrons. The summed E-state index contributed by atoms with van der Waals surface area (Å²) < 4.78 is 1.95. The molecule has 0 saturated carbocycles. The number of aromatic nitrogens is 2. The number of piperazine rings is 1. The Morgan fingerprint density at radius 1 is 1.63 bits per heavy atom. The molecule has 1 aliphatic rings. The SMILES string of the molecule is CNC(=O)C1CNCCN1Cc1ccn(C(C)C)n1. The van der Waals surface area contributed by atoms with Crippen molar-refractivity contribution >= 4 is 5.91 Å². The molecule has 0 aromatic carbocycles. The lowest BCUT2D eigenvalue weighted by atomic mass is 10.1. The number of hydrogen-bond donors (Lipinski definition) is 2. The van der Waals surface area contributed by atoms with Crippen LogP contribution in [0.25, 0.3) is 0 Å². The maximum Gasteiger partial charge on any atom is 0.238 e. The zero-order valence-electron chi connectivity index (χ0n) is 11.9.